The predicted octanol–water partition coefficient (Wildman–Crippen LogP) is 4.66. The van der Waals surface area contributed by atoms with E-state index in [0.29, 0.717) is 34.2 Å². The van der Waals surface area contributed by atoms with Gasteiger partial charge in [0.25, 0.3) is 0 Å². The van der Waals surface area contributed by atoms with Crippen LogP contribution in [0.5, 0.6) is 5.75 Å². The summed E-state index contributed by atoms with van der Waals surface area (Å²) >= 11 is 12.2. The van der Waals surface area contributed by atoms with Gasteiger partial charge < -0.3 is 10.5 Å². The van der Waals surface area contributed by atoms with Gasteiger partial charge in [0.05, 0.1) is 11.1 Å². The quantitative estimate of drug-likeness (QED) is 0.881. The number of nitrogens with two attached hydrogens (primary N) is 1. The molecule has 0 saturated heterocycles. The largest absolute Gasteiger partial charge is 0.489 e. The molecule has 1 aliphatic rings. The third-order valence-electron chi connectivity index (χ3n) is 3.72. The molecule has 0 bridgehead atoms. The molecule has 1 saturated carbocycles. The average molecular weight is 302 g/mol. The number of halogens is 2. The molecule has 0 radical (unpaired) electrons. The Balaban J connectivity index is 2.18. The molecule has 0 aliphatic heterocycles. The molecule has 2 N–H and O–H groups in total. The minimum absolute atomic E-state index is 0.225. The van der Waals surface area contributed by atoms with Crippen molar-refractivity contribution in [3.8, 4) is 5.75 Å². The van der Waals surface area contributed by atoms with E-state index in [2.05, 4.69) is 13.8 Å². The van der Waals surface area contributed by atoms with Gasteiger partial charge in [0.1, 0.15) is 5.75 Å². The standard InChI is InChI=1S/C15H21Cl2NO/c1-9-3-10(2)5-13(4-9)19-15-11(8-18)6-12(16)7-14(15)17/h6-7,9-10,13H,3-5,8,18H2,1-2H3. The molecule has 2 nitrogen and oxygen atoms in total. The molecule has 1 aromatic carbocycles. The lowest BCUT2D eigenvalue weighted by Gasteiger charge is -2.32. The lowest BCUT2D eigenvalue weighted by atomic mass is 9.82. The maximum absolute atomic E-state index is 6.24. The second kappa shape index (κ2) is 6.34. The Labute approximate surface area is 125 Å². The van der Waals surface area contributed by atoms with E-state index in [4.69, 9.17) is 33.7 Å². The van der Waals surface area contributed by atoms with E-state index < -0.39 is 0 Å². The smallest absolute Gasteiger partial charge is 0.142 e. The van der Waals surface area contributed by atoms with Crippen LogP contribution in [0.4, 0.5) is 0 Å². The van der Waals surface area contributed by atoms with E-state index >= 15 is 0 Å². The van der Waals surface area contributed by atoms with Gasteiger partial charge in [-0.05, 0) is 43.2 Å². The number of hydrogen-bond donors (Lipinski definition) is 1. The van der Waals surface area contributed by atoms with E-state index in [0.717, 1.165) is 18.4 Å². The normalized spacial score (nSPS) is 27.3. The van der Waals surface area contributed by atoms with Crippen molar-refractivity contribution in [3.05, 3.63) is 27.7 Å². The monoisotopic (exact) mass is 301 g/mol. The first kappa shape index (κ1) is 15.0. The van der Waals surface area contributed by atoms with Crippen LogP contribution < -0.4 is 10.5 Å². The lowest BCUT2D eigenvalue weighted by molar-refractivity contribution is 0.100. The Bertz CT molecular complexity index is 440. The molecule has 1 aromatic rings. The van der Waals surface area contributed by atoms with Gasteiger partial charge in [0.2, 0.25) is 0 Å². The van der Waals surface area contributed by atoms with Crippen LogP contribution in [0.3, 0.4) is 0 Å². The molecule has 2 unspecified atom stereocenters. The van der Waals surface area contributed by atoms with Gasteiger partial charge in [0, 0.05) is 17.1 Å². The summed E-state index contributed by atoms with van der Waals surface area (Å²) in [6.45, 7) is 4.94. The zero-order valence-corrected chi connectivity index (χ0v) is 13.0. The Morgan fingerprint density at radius 1 is 1.16 bits per heavy atom. The predicted molar refractivity (Wildman–Crippen MR) is 80.9 cm³/mol. The summed E-state index contributed by atoms with van der Waals surface area (Å²) in [5.74, 6) is 2.10. The van der Waals surface area contributed by atoms with Gasteiger partial charge in [0.15, 0.2) is 0 Å². The first-order valence-electron chi connectivity index (χ1n) is 6.84. The summed E-state index contributed by atoms with van der Waals surface area (Å²) in [5.41, 5.74) is 6.63. The number of benzene rings is 1. The second-order valence-corrected chi connectivity index (χ2v) is 6.58. The van der Waals surface area contributed by atoms with E-state index in [9.17, 15) is 0 Å². The van der Waals surface area contributed by atoms with Crippen molar-refractivity contribution in [2.24, 2.45) is 17.6 Å². The molecule has 0 heterocycles. The van der Waals surface area contributed by atoms with Crippen LogP contribution >= 0.6 is 23.2 Å². The van der Waals surface area contributed by atoms with E-state index in [1.165, 1.54) is 6.42 Å². The van der Waals surface area contributed by atoms with Crippen molar-refractivity contribution in [1.82, 2.24) is 0 Å². The SMILES string of the molecule is CC1CC(C)CC(Oc2c(Cl)cc(Cl)cc2CN)C1. The first-order chi connectivity index (χ1) is 8.99. The van der Waals surface area contributed by atoms with Gasteiger partial charge in [-0.25, -0.2) is 0 Å². The molecular weight excluding hydrogens is 281 g/mol. The van der Waals surface area contributed by atoms with Crippen LogP contribution in [0, 0.1) is 11.8 Å². The van der Waals surface area contributed by atoms with Gasteiger partial charge >= 0.3 is 0 Å². The minimum atomic E-state index is 0.225. The zero-order chi connectivity index (χ0) is 14.0. The molecule has 1 fully saturated rings. The van der Waals surface area contributed by atoms with Crippen molar-refractivity contribution in [2.45, 2.75) is 45.8 Å². The fourth-order valence-corrected chi connectivity index (χ4v) is 3.61. The molecule has 4 heteroatoms. The fraction of sp³-hybridized carbons (Fsp3) is 0.600. The van der Waals surface area contributed by atoms with Crippen molar-refractivity contribution in [1.29, 1.82) is 0 Å². The van der Waals surface area contributed by atoms with Gasteiger partial charge in [-0.3, -0.25) is 0 Å². The van der Waals surface area contributed by atoms with Crippen molar-refractivity contribution >= 4 is 23.2 Å². The topological polar surface area (TPSA) is 35.2 Å². The van der Waals surface area contributed by atoms with Crippen molar-refractivity contribution in [3.63, 3.8) is 0 Å². The minimum Gasteiger partial charge on any atom is -0.489 e. The zero-order valence-electron chi connectivity index (χ0n) is 11.5. The fourth-order valence-electron chi connectivity index (χ4n) is 3.03. The maximum Gasteiger partial charge on any atom is 0.142 e. The van der Waals surface area contributed by atoms with Crippen LogP contribution in [0.1, 0.15) is 38.7 Å². The third-order valence-corrected chi connectivity index (χ3v) is 4.22. The van der Waals surface area contributed by atoms with Crippen LogP contribution in [-0.2, 0) is 6.54 Å². The van der Waals surface area contributed by atoms with Crippen LogP contribution in [0.25, 0.3) is 0 Å². The maximum atomic E-state index is 6.24. The Kier molecular flexibility index (Phi) is 4.99. The van der Waals surface area contributed by atoms with Gasteiger partial charge in [-0.1, -0.05) is 37.0 Å². The van der Waals surface area contributed by atoms with Crippen molar-refractivity contribution in [2.75, 3.05) is 0 Å². The lowest BCUT2D eigenvalue weighted by Crippen LogP contribution is -2.29. The van der Waals surface area contributed by atoms with Crippen LogP contribution in [0.2, 0.25) is 10.0 Å². The van der Waals surface area contributed by atoms with Crippen molar-refractivity contribution < 1.29 is 4.74 Å². The summed E-state index contributed by atoms with van der Waals surface area (Å²) in [7, 11) is 0. The summed E-state index contributed by atoms with van der Waals surface area (Å²) in [6.07, 6.45) is 3.65. The first-order valence-corrected chi connectivity index (χ1v) is 7.59. The molecule has 19 heavy (non-hydrogen) atoms. The summed E-state index contributed by atoms with van der Waals surface area (Å²) in [6, 6.07) is 3.55. The highest BCUT2D eigenvalue weighted by Gasteiger charge is 2.26. The highest BCUT2D eigenvalue weighted by Crippen LogP contribution is 2.37. The number of hydrogen-bond acceptors (Lipinski definition) is 2. The number of ether oxygens (including phenoxy) is 1. The van der Waals surface area contributed by atoms with Gasteiger partial charge in [-0.15, -0.1) is 0 Å². The molecule has 2 rings (SSSR count). The molecule has 1 aliphatic carbocycles. The van der Waals surface area contributed by atoms with E-state index in [1.54, 1.807) is 6.07 Å². The molecule has 0 spiro atoms. The Morgan fingerprint density at radius 3 is 2.37 bits per heavy atom. The summed E-state index contributed by atoms with van der Waals surface area (Å²) < 4.78 is 6.13. The van der Waals surface area contributed by atoms with E-state index in [-0.39, 0.29) is 6.10 Å². The summed E-state index contributed by atoms with van der Waals surface area (Å²) in [5, 5.41) is 1.15. The molecule has 0 amide bonds. The highest BCUT2D eigenvalue weighted by molar-refractivity contribution is 6.35. The van der Waals surface area contributed by atoms with Crippen LogP contribution in [0.15, 0.2) is 12.1 Å². The van der Waals surface area contributed by atoms with Gasteiger partial charge in [-0.2, -0.15) is 0 Å². The Morgan fingerprint density at radius 2 is 1.79 bits per heavy atom. The van der Waals surface area contributed by atoms with E-state index in [1.807, 2.05) is 6.07 Å². The Hall–Kier alpha value is -0.440. The molecular formula is C15H21Cl2NO. The second-order valence-electron chi connectivity index (χ2n) is 5.74. The molecule has 2 atom stereocenters. The van der Waals surface area contributed by atoms with Crippen LogP contribution in [-0.4, -0.2) is 6.10 Å². The molecule has 0 aromatic heterocycles. The highest BCUT2D eigenvalue weighted by atomic mass is 35.5. The third kappa shape index (κ3) is 3.77. The molecule has 106 valence electrons. The number of rotatable bonds is 3. The summed E-state index contributed by atoms with van der Waals surface area (Å²) in [4.78, 5) is 0. The average Bonchev–Trinajstić information content (AvgIpc) is 2.31.